The lowest BCUT2D eigenvalue weighted by Crippen LogP contribution is -2.39. The van der Waals surface area contributed by atoms with E-state index in [1.807, 2.05) is 13.1 Å². The highest BCUT2D eigenvalue weighted by Gasteiger charge is 2.05. The number of allylic oxidation sites excluding steroid dienone is 1. The summed E-state index contributed by atoms with van der Waals surface area (Å²) in [7, 11) is 6.05. The van der Waals surface area contributed by atoms with Crippen LogP contribution in [0.4, 0.5) is 0 Å². The summed E-state index contributed by atoms with van der Waals surface area (Å²) >= 11 is 0. The molecule has 0 aliphatic heterocycles. The van der Waals surface area contributed by atoms with Crippen molar-refractivity contribution in [3.05, 3.63) is 48.0 Å². The van der Waals surface area contributed by atoms with E-state index in [2.05, 4.69) is 72.0 Å². The Bertz CT molecular complexity index is 502. The van der Waals surface area contributed by atoms with Gasteiger partial charge in [0.25, 0.3) is 0 Å². The Kier molecular flexibility index (Phi) is 12.6. The van der Waals surface area contributed by atoms with Crippen LogP contribution in [-0.4, -0.2) is 50.0 Å². The molecule has 0 heterocycles. The fourth-order valence-electron chi connectivity index (χ4n) is 2.41. The van der Waals surface area contributed by atoms with Crippen LogP contribution in [0, 0.1) is 0 Å². The SMILES string of the molecule is C=CCCCN(C)C(=NC)NCc1cccc(CN(C)CC)c1.I. The molecule has 1 aromatic carbocycles. The largest absolute Gasteiger partial charge is 0.352 e. The zero-order valence-electron chi connectivity index (χ0n) is 15.6. The molecule has 0 amide bonds. The molecule has 136 valence electrons. The van der Waals surface area contributed by atoms with Crippen LogP contribution >= 0.6 is 24.0 Å². The predicted octanol–water partition coefficient (Wildman–Crippen LogP) is 3.73. The van der Waals surface area contributed by atoms with Gasteiger partial charge in [0, 0.05) is 33.7 Å². The second kappa shape index (κ2) is 13.2. The van der Waals surface area contributed by atoms with Crippen LogP contribution in [-0.2, 0) is 13.1 Å². The van der Waals surface area contributed by atoms with Crippen molar-refractivity contribution in [3.63, 3.8) is 0 Å². The van der Waals surface area contributed by atoms with Gasteiger partial charge in [0.05, 0.1) is 0 Å². The molecule has 0 saturated carbocycles. The van der Waals surface area contributed by atoms with Crippen LogP contribution in [0.25, 0.3) is 0 Å². The molecular weight excluding hydrogens is 411 g/mol. The van der Waals surface area contributed by atoms with Crippen molar-refractivity contribution in [2.45, 2.75) is 32.9 Å². The molecule has 1 aromatic rings. The van der Waals surface area contributed by atoms with Crippen molar-refractivity contribution in [1.29, 1.82) is 0 Å². The van der Waals surface area contributed by atoms with Crippen LogP contribution in [0.2, 0.25) is 0 Å². The van der Waals surface area contributed by atoms with Gasteiger partial charge in [0.1, 0.15) is 0 Å². The molecular formula is C19H33IN4. The van der Waals surface area contributed by atoms with E-state index in [1.165, 1.54) is 11.1 Å². The third-order valence-corrected chi connectivity index (χ3v) is 3.91. The second-order valence-electron chi connectivity index (χ2n) is 5.90. The first-order valence-corrected chi connectivity index (χ1v) is 8.39. The van der Waals surface area contributed by atoms with Gasteiger partial charge in [0.15, 0.2) is 5.96 Å². The fraction of sp³-hybridized carbons (Fsp3) is 0.526. The lowest BCUT2D eigenvalue weighted by atomic mass is 10.1. The van der Waals surface area contributed by atoms with Crippen molar-refractivity contribution in [2.75, 3.05) is 34.2 Å². The van der Waals surface area contributed by atoms with Crippen LogP contribution in [0.3, 0.4) is 0 Å². The summed E-state index contributed by atoms with van der Waals surface area (Å²) in [6.45, 7) is 9.76. The molecule has 0 radical (unpaired) electrons. The van der Waals surface area contributed by atoms with Crippen LogP contribution in [0.1, 0.15) is 30.9 Å². The number of hydrogen-bond donors (Lipinski definition) is 1. The highest BCUT2D eigenvalue weighted by molar-refractivity contribution is 14.0. The van der Waals surface area contributed by atoms with Crippen LogP contribution < -0.4 is 5.32 Å². The first-order chi connectivity index (χ1) is 11.1. The topological polar surface area (TPSA) is 30.9 Å². The summed E-state index contributed by atoms with van der Waals surface area (Å²) in [5.41, 5.74) is 2.63. The van der Waals surface area contributed by atoms with Gasteiger partial charge in [-0.25, -0.2) is 0 Å². The number of rotatable bonds is 9. The molecule has 5 heteroatoms. The number of guanidine groups is 1. The number of nitrogens with one attached hydrogen (secondary N) is 1. The molecule has 0 atom stereocenters. The van der Waals surface area contributed by atoms with Gasteiger partial charge in [-0.05, 0) is 37.6 Å². The van der Waals surface area contributed by atoms with E-state index in [-0.39, 0.29) is 24.0 Å². The molecule has 1 N–H and O–H groups in total. The van der Waals surface area contributed by atoms with Gasteiger partial charge in [-0.2, -0.15) is 0 Å². The quantitative estimate of drug-likeness (QED) is 0.207. The van der Waals surface area contributed by atoms with E-state index < -0.39 is 0 Å². The van der Waals surface area contributed by atoms with E-state index in [0.29, 0.717) is 0 Å². The monoisotopic (exact) mass is 444 g/mol. The van der Waals surface area contributed by atoms with Crippen molar-refractivity contribution < 1.29 is 0 Å². The highest BCUT2D eigenvalue weighted by atomic mass is 127. The lowest BCUT2D eigenvalue weighted by Gasteiger charge is -2.22. The summed E-state index contributed by atoms with van der Waals surface area (Å²) in [6, 6.07) is 8.75. The zero-order chi connectivity index (χ0) is 17.1. The maximum atomic E-state index is 4.36. The molecule has 0 spiro atoms. The first kappa shape index (κ1) is 22.9. The minimum atomic E-state index is 0. The van der Waals surface area contributed by atoms with Crippen molar-refractivity contribution in [1.82, 2.24) is 15.1 Å². The van der Waals surface area contributed by atoms with Crippen molar-refractivity contribution >= 4 is 29.9 Å². The minimum Gasteiger partial charge on any atom is -0.352 e. The molecule has 1 rings (SSSR count). The predicted molar refractivity (Wildman–Crippen MR) is 116 cm³/mol. The van der Waals surface area contributed by atoms with E-state index in [1.54, 1.807) is 0 Å². The fourth-order valence-corrected chi connectivity index (χ4v) is 2.41. The number of halogens is 1. The van der Waals surface area contributed by atoms with E-state index >= 15 is 0 Å². The molecule has 0 bridgehead atoms. The Hall–Kier alpha value is -1.08. The normalized spacial score (nSPS) is 11.1. The summed E-state index contributed by atoms with van der Waals surface area (Å²) in [5.74, 6) is 0.935. The van der Waals surface area contributed by atoms with Crippen molar-refractivity contribution in [2.24, 2.45) is 4.99 Å². The third kappa shape index (κ3) is 8.68. The van der Waals surface area contributed by atoms with Crippen LogP contribution in [0.5, 0.6) is 0 Å². The number of unbranched alkanes of at least 4 members (excludes halogenated alkanes) is 1. The van der Waals surface area contributed by atoms with Gasteiger partial charge in [0.2, 0.25) is 0 Å². The van der Waals surface area contributed by atoms with E-state index in [9.17, 15) is 0 Å². The first-order valence-electron chi connectivity index (χ1n) is 8.39. The molecule has 0 unspecified atom stereocenters. The van der Waals surface area contributed by atoms with Gasteiger partial charge in [-0.3, -0.25) is 4.99 Å². The molecule has 24 heavy (non-hydrogen) atoms. The Morgan fingerprint density at radius 3 is 2.62 bits per heavy atom. The summed E-state index contributed by atoms with van der Waals surface area (Å²) in [4.78, 5) is 8.83. The van der Waals surface area contributed by atoms with E-state index in [0.717, 1.165) is 45.0 Å². The number of hydrogen-bond acceptors (Lipinski definition) is 2. The molecule has 4 nitrogen and oxygen atoms in total. The maximum absolute atomic E-state index is 4.36. The third-order valence-electron chi connectivity index (χ3n) is 3.91. The van der Waals surface area contributed by atoms with Gasteiger partial charge < -0.3 is 15.1 Å². The zero-order valence-corrected chi connectivity index (χ0v) is 17.9. The lowest BCUT2D eigenvalue weighted by molar-refractivity contribution is 0.345. The van der Waals surface area contributed by atoms with Crippen molar-refractivity contribution in [3.8, 4) is 0 Å². The minimum absolute atomic E-state index is 0. The molecule has 0 aliphatic carbocycles. The standard InChI is InChI=1S/C19H32N4.HI/c1-6-8-9-13-23(5)19(20-3)21-15-17-11-10-12-18(14-17)16-22(4)7-2;/h6,10-12,14H,1,7-9,13,15-16H2,2-5H3,(H,20,21);1H. The Morgan fingerprint density at radius 2 is 2.00 bits per heavy atom. The Morgan fingerprint density at radius 1 is 1.29 bits per heavy atom. The summed E-state index contributed by atoms with van der Waals surface area (Å²) < 4.78 is 0. The van der Waals surface area contributed by atoms with Gasteiger partial charge in [-0.1, -0.05) is 37.3 Å². The molecule has 0 saturated heterocycles. The second-order valence-corrected chi connectivity index (χ2v) is 5.90. The van der Waals surface area contributed by atoms with Gasteiger partial charge >= 0.3 is 0 Å². The van der Waals surface area contributed by atoms with E-state index in [4.69, 9.17) is 0 Å². The summed E-state index contributed by atoms with van der Waals surface area (Å²) in [6.07, 6.45) is 4.09. The Labute approximate surface area is 165 Å². The smallest absolute Gasteiger partial charge is 0.193 e. The average Bonchev–Trinajstić information content (AvgIpc) is 2.56. The number of nitrogens with zero attached hydrogens (tertiary/aromatic N) is 3. The maximum Gasteiger partial charge on any atom is 0.193 e. The van der Waals surface area contributed by atoms with Crippen LogP contribution in [0.15, 0.2) is 41.9 Å². The number of aliphatic imine (C=N–C) groups is 1. The van der Waals surface area contributed by atoms with Gasteiger partial charge in [-0.15, -0.1) is 30.6 Å². The summed E-state index contributed by atoms with van der Waals surface area (Å²) in [5, 5.41) is 3.44. The molecule has 0 aliphatic rings. The average molecular weight is 444 g/mol. The molecule has 0 fully saturated rings. The Balaban J connectivity index is 0.00000529. The number of benzene rings is 1. The molecule has 0 aromatic heterocycles. The highest BCUT2D eigenvalue weighted by Crippen LogP contribution is 2.08.